The Balaban J connectivity index is 0.000000387. The molecule has 27 heavy (non-hydrogen) atoms. The average molecular weight is 370 g/mol. The van der Waals surface area contributed by atoms with Crippen LogP contribution >= 0.6 is 0 Å². The van der Waals surface area contributed by atoms with Crippen molar-refractivity contribution in [2.75, 3.05) is 0 Å². The highest BCUT2D eigenvalue weighted by Crippen LogP contribution is 2.39. The minimum Gasteiger partial charge on any atom is -0.485 e. The maximum absolute atomic E-state index is 6.15. The maximum atomic E-state index is 6.15. The van der Waals surface area contributed by atoms with E-state index in [1.54, 1.807) is 6.08 Å². The van der Waals surface area contributed by atoms with Crippen molar-refractivity contribution >= 4 is 0 Å². The predicted octanol–water partition coefficient (Wildman–Crippen LogP) is 6.89. The summed E-state index contributed by atoms with van der Waals surface area (Å²) < 4.78 is 6.15. The van der Waals surface area contributed by atoms with Gasteiger partial charge in [0.05, 0.1) is 0 Å². The molecule has 0 saturated heterocycles. The lowest BCUT2D eigenvalue weighted by molar-refractivity contribution is 0.0898. The Morgan fingerprint density at radius 1 is 1.26 bits per heavy atom. The molecule has 0 aliphatic heterocycles. The highest BCUT2D eigenvalue weighted by atomic mass is 16.5. The molecule has 2 rings (SSSR count). The van der Waals surface area contributed by atoms with Crippen LogP contribution in [0.3, 0.4) is 0 Å². The van der Waals surface area contributed by atoms with Gasteiger partial charge < -0.3 is 10.5 Å². The number of fused-ring (bicyclic) bond motifs is 1. The van der Waals surface area contributed by atoms with Crippen LogP contribution in [-0.2, 0) is 11.2 Å². The third kappa shape index (κ3) is 8.17. The van der Waals surface area contributed by atoms with Crippen LogP contribution in [0.25, 0.3) is 0 Å². The van der Waals surface area contributed by atoms with Crippen molar-refractivity contribution in [3.05, 3.63) is 71.5 Å². The summed E-state index contributed by atoms with van der Waals surface area (Å²) >= 11 is 0. The molecule has 2 nitrogen and oxygen atoms in total. The highest BCUT2D eigenvalue weighted by molar-refractivity contribution is 5.35. The number of ether oxygens (including phenoxy) is 1. The molecule has 2 N–H and O–H groups in total. The Kier molecular flexibility index (Phi) is 10.8. The highest BCUT2D eigenvalue weighted by Gasteiger charge is 2.30. The smallest absolute Gasteiger partial charge is 0.127 e. The van der Waals surface area contributed by atoms with E-state index >= 15 is 0 Å². The van der Waals surface area contributed by atoms with Crippen LogP contribution in [-0.4, -0.2) is 6.04 Å². The molecule has 0 heterocycles. The standard InChI is InChI=1S/C18H22O.C7H17N/c1-5-16(11-10-13(2)3)19-18-14(4)12-15-8-6-7-9-17(15)18;1-3-5-6-7(8)4-2/h5-11,14,18H,1,12H2,2-4H3;7H,3-6,8H2,1-2H3/b16-11+;/t14-,18?;/m1./s1. The molecule has 0 radical (unpaired) electrons. The van der Waals surface area contributed by atoms with Crippen LogP contribution in [0, 0.1) is 5.92 Å². The van der Waals surface area contributed by atoms with Gasteiger partial charge in [0.1, 0.15) is 11.9 Å². The number of rotatable bonds is 8. The first-order valence-electron chi connectivity index (χ1n) is 10.4. The Labute approximate surface area is 167 Å². The molecular formula is C25H39NO. The molecule has 0 spiro atoms. The molecule has 0 saturated carbocycles. The Bertz CT molecular complexity index is 625. The molecule has 1 aromatic rings. The minimum absolute atomic E-state index is 0.144. The molecule has 2 heteroatoms. The SMILES string of the molecule is C=C/C(=C\C=C(C)C)OC1c2ccccc2C[C@H]1C.CCCCC(N)CC. The second-order valence-corrected chi connectivity index (χ2v) is 7.75. The fourth-order valence-corrected chi connectivity index (χ4v) is 3.16. The van der Waals surface area contributed by atoms with Gasteiger partial charge in [-0.15, -0.1) is 0 Å². The molecule has 1 aromatic carbocycles. The lowest BCUT2D eigenvalue weighted by Gasteiger charge is -2.19. The van der Waals surface area contributed by atoms with Crippen molar-refractivity contribution in [1.29, 1.82) is 0 Å². The van der Waals surface area contributed by atoms with E-state index in [1.807, 2.05) is 6.08 Å². The van der Waals surface area contributed by atoms with Gasteiger partial charge in [0.15, 0.2) is 0 Å². The molecule has 1 aliphatic rings. The second kappa shape index (κ2) is 12.6. The van der Waals surface area contributed by atoms with Crippen LogP contribution in [0.5, 0.6) is 0 Å². The van der Waals surface area contributed by atoms with Gasteiger partial charge in [-0.25, -0.2) is 0 Å². The zero-order valence-electron chi connectivity index (χ0n) is 18.0. The van der Waals surface area contributed by atoms with E-state index in [1.165, 1.54) is 36.0 Å². The topological polar surface area (TPSA) is 35.2 Å². The third-order valence-electron chi connectivity index (χ3n) is 4.92. The van der Waals surface area contributed by atoms with Gasteiger partial charge in [-0.05, 0) is 56.4 Å². The van der Waals surface area contributed by atoms with Crippen LogP contribution in [0.15, 0.2) is 60.4 Å². The van der Waals surface area contributed by atoms with Gasteiger partial charge in [-0.2, -0.15) is 0 Å². The number of nitrogens with two attached hydrogens (primary N) is 1. The molecule has 150 valence electrons. The van der Waals surface area contributed by atoms with Crippen molar-refractivity contribution in [3.63, 3.8) is 0 Å². The summed E-state index contributed by atoms with van der Waals surface area (Å²) in [6.45, 7) is 14.6. The predicted molar refractivity (Wildman–Crippen MR) is 119 cm³/mol. The van der Waals surface area contributed by atoms with Gasteiger partial charge in [0.2, 0.25) is 0 Å². The average Bonchev–Trinajstić information content (AvgIpc) is 2.98. The molecule has 0 fully saturated rings. The van der Waals surface area contributed by atoms with Gasteiger partial charge in [0, 0.05) is 12.0 Å². The fraction of sp³-hybridized carbons (Fsp3) is 0.520. The first kappa shape index (κ1) is 23.2. The largest absolute Gasteiger partial charge is 0.485 e. The quantitative estimate of drug-likeness (QED) is 0.400. The fourth-order valence-electron chi connectivity index (χ4n) is 3.16. The molecule has 0 amide bonds. The minimum atomic E-state index is 0.144. The van der Waals surface area contributed by atoms with Crippen molar-refractivity contribution in [1.82, 2.24) is 0 Å². The zero-order valence-corrected chi connectivity index (χ0v) is 18.0. The van der Waals surface area contributed by atoms with Crippen molar-refractivity contribution in [2.45, 2.75) is 78.9 Å². The van der Waals surface area contributed by atoms with Gasteiger partial charge >= 0.3 is 0 Å². The second-order valence-electron chi connectivity index (χ2n) is 7.75. The number of unbranched alkanes of at least 4 members (excludes halogenated alkanes) is 1. The summed E-state index contributed by atoms with van der Waals surface area (Å²) in [6.07, 6.45) is 12.0. The van der Waals surface area contributed by atoms with Crippen LogP contribution in [0.4, 0.5) is 0 Å². The molecule has 0 bridgehead atoms. The van der Waals surface area contributed by atoms with Crippen molar-refractivity contribution in [3.8, 4) is 0 Å². The normalized spacial score (nSPS) is 19.4. The first-order chi connectivity index (χ1) is 12.9. The monoisotopic (exact) mass is 369 g/mol. The molecular weight excluding hydrogens is 330 g/mol. The number of hydrogen-bond acceptors (Lipinski definition) is 2. The van der Waals surface area contributed by atoms with Gasteiger partial charge in [-0.1, -0.05) is 76.1 Å². The zero-order chi connectivity index (χ0) is 20.2. The summed E-state index contributed by atoms with van der Waals surface area (Å²) in [4.78, 5) is 0. The summed E-state index contributed by atoms with van der Waals surface area (Å²) in [5.74, 6) is 1.35. The molecule has 3 atom stereocenters. The van der Waals surface area contributed by atoms with E-state index < -0.39 is 0 Å². The molecule has 0 aromatic heterocycles. The summed E-state index contributed by atoms with van der Waals surface area (Å²) in [7, 11) is 0. The van der Waals surface area contributed by atoms with E-state index in [0.29, 0.717) is 12.0 Å². The van der Waals surface area contributed by atoms with E-state index in [0.717, 1.165) is 18.6 Å². The van der Waals surface area contributed by atoms with Crippen molar-refractivity contribution in [2.24, 2.45) is 11.7 Å². The Morgan fingerprint density at radius 2 is 1.96 bits per heavy atom. The first-order valence-corrected chi connectivity index (χ1v) is 10.4. The van der Waals surface area contributed by atoms with Gasteiger partial charge in [-0.3, -0.25) is 0 Å². The number of benzene rings is 1. The lowest BCUT2D eigenvalue weighted by atomic mass is 10.1. The molecule has 2 unspecified atom stereocenters. The van der Waals surface area contributed by atoms with E-state index in [2.05, 4.69) is 71.5 Å². The van der Waals surface area contributed by atoms with E-state index in [9.17, 15) is 0 Å². The third-order valence-corrected chi connectivity index (χ3v) is 4.92. The van der Waals surface area contributed by atoms with Crippen LogP contribution in [0.1, 0.15) is 77.5 Å². The lowest BCUT2D eigenvalue weighted by Crippen LogP contribution is -2.17. The Morgan fingerprint density at radius 3 is 2.56 bits per heavy atom. The van der Waals surface area contributed by atoms with Gasteiger partial charge in [0.25, 0.3) is 0 Å². The number of allylic oxidation sites excluding steroid dienone is 4. The Hall–Kier alpha value is -1.80. The van der Waals surface area contributed by atoms with Crippen LogP contribution in [0.2, 0.25) is 0 Å². The molecule has 1 aliphatic carbocycles. The van der Waals surface area contributed by atoms with Crippen LogP contribution < -0.4 is 5.73 Å². The summed E-state index contributed by atoms with van der Waals surface area (Å²) in [6, 6.07) is 9.00. The van der Waals surface area contributed by atoms with E-state index in [-0.39, 0.29) is 6.10 Å². The number of hydrogen-bond donors (Lipinski definition) is 1. The van der Waals surface area contributed by atoms with Crippen molar-refractivity contribution < 1.29 is 4.74 Å². The summed E-state index contributed by atoms with van der Waals surface area (Å²) in [5.41, 5.74) is 9.64. The van der Waals surface area contributed by atoms with E-state index in [4.69, 9.17) is 10.5 Å². The summed E-state index contributed by atoms with van der Waals surface area (Å²) in [5, 5.41) is 0. The maximum Gasteiger partial charge on any atom is 0.127 e.